The van der Waals surface area contributed by atoms with Crippen LogP contribution in [0, 0.1) is 0 Å². The van der Waals surface area contributed by atoms with Gasteiger partial charge in [0.15, 0.2) is 10.9 Å². The molecule has 0 bridgehead atoms. The van der Waals surface area contributed by atoms with E-state index < -0.39 is 0 Å². The second kappa shape index (κ2) is 9.53. The number of carbonyl (C=O) groups excluding carboxylic acids is 2. The van der Waals surface area contributed by atoms with Crippen molar-refractivity contribution >= 4 is 51.9 Å². The monoisotopic (exact) mass is 454 g/mol. The SMILES string of the molecule is COc1ccc(N2C(=O)/C(=C/c3cccc(OCC(=O)N4CCCC4)c3)SC2=S)cc1. The van der Waals surface area contributed by atoms with E-state index in [1.807, 2.05) is 23.1 Å². The van der Waals surface area contributed by atoms with Crippen molar-refractivity contribution in [2.45, 2.75) is 12.8 Å². The lowest BCUT2D eigenvalue weighted by Crippen LogP contribution is -2.32. The number of amides is 2. The number of likely N-dealkylation sites (tertiary alicyclic amines) is 1. The van der Waals surface area contributed by atoms with Crippen LogP contribution < -0.4 is 14.4 Å². The van der Waals surface area contributed by atoms with Crippen LogP contribution in [0.2, 0.25) is 0 Å². The van der Waals surface area contributed by atoms with Crippen molar-refractivity contribution in [3.8, 4) is 11.5 Å². The first-order valence-corrected chi connectivity index (χ1v) is 11.2. The van der Waals surface area contributed by atoms with Gasteiger partial charge in [0.05, 0.1) is 17.7 Å². The van der Waals surface area contributed by atoms with E-state index in [4.69, 9.17) is 21.7 Å². The smallest absolute Gasteiger partial charge is 0.270 e. The molecule has 2 aromatic carbocycles. The van der Waals surface area contributed by atoms with Crippen LogP contribution in [0.1, 0.15) is 18.4 Å². The largest absolute Gasteiger partial charge is 0.497 e. The number of carbonyl (C=O) groups is 2. The van der Waals surface area contributed by atoms with Gasteiger partial charge in [0.25, 0.3) is 11.8 Å². The summed E-state index contributed by atoms with van der Waals surface area (Å²) in [6.07, 6.45) is 3.89. The van der Waals surface area contributed by atoms with E-state index in [1.165, 1.54) is 16.7 Å². The summed E-state index contributed by atoms with van der Waals surface area (Å²) in [6, 6.07) is 14.5. The van der Waals surface area contributed by atoms with Gasteiger partial charge in [-0.25, -0.2) is 0 Å². The second-order valence-corrected chi connectivity index (χ2v) is 8.84. The first-order chi connectivity index (χ1) is 15.0. The Morgan fingerprint density at radius 2 is 1.87 bits per heavy atom. The number of thiocarbonyl (C=S) groups is 1. The maximum Gasteiger partial charge on any atom is 0.270 e. The average Bonchev–Trinajstić information content (AvgIpc) is 3.41. The predicted octanol–water partition coefficient (Wildman–Crippen LogP) is 4.10. The van der Waals surface area contributed by atoms with Gasteiger partial charge in [-0.3, -0.25) is 14.5 Å². The lowest BCUT2D eigenvalue weighted by molar-refractivity contribution is -0.132. The molecule has 2 heterocycles. The zero-order valence-electron chi connectivity index (χ0n) is 17.1. The third kappa shape index (κ3) is 4.91. The molecule has 8 heteroatoms. The summed E-state index contributed by atoms with van der Waals surface area (Å²) < 4.78 is 11.3. The lowest BCUT2D eigenvalue weighted by Gasteiger charge is -2.15. The highest BCUT2D eigenvalue weighted by atomic mass is 32.2. The van der Waals surface area contributed by atoms with Crippen LogP contribution in [0.15, 0.2) is 53.4 Å². The molecule has 160 valence electrons. The molecule has 2 aromatic rings. The van der Waals surface area contributed by atoms with Crippen molar-refractivity contribution in [1.29, 1.82) is 0 Å². The van der Waals surface area contributed by atoms with Crippen molar-refractivity contribution in [3.05, 3.63) is 59.0 Å². The topological polar surface area (TPSA) is 59.1 Å². The molecule has 6 nitrogen and oxygen atoms in total. The van der Waals surface area contributed by atoms with Gasteiger partial charge in [0.1, 0.15) is 11.5 Å². The number of methoxy groups -OCH3 is 1. The minimum Gasteiger partial charge on any atom is -0.497 e. The van der Waals surface area contributed by atoms with Crippen molar-refractivity contribution < 1.29 is 19.1 Å². The molecule has 0 atom stereocenters. The highest BCUT2D eigenvalue weighted by Crippen LogP contribution is 2.36. The molecule has 31 heavy (non-hydrogen) atoms. The number of nitrogens with zero attached hydrogens (tertiary/aromatic N) is 2. The molecule has 2 aliphatic rings. The van der Waals surface area contributed by atoms with Crippen molar-refractivity contribution in [2.24, 2.45) is 0 Å². The molecule has 0 radical (unpaired) electrons. The Balaban J connectivity index is 1.45. The molecule has 0 aromatic heterocycles. The molecule has 2 fully saturated rings. The molecule has 0 saturated carbocycles. The number of hydrogen-bond donors (Lipinski definition) is 0. The van der Waals surface area contributed by atoms with E-state index in [2.05, 4.69) is 0 Å². The summed E-state index contributed by atoms with van der Waals surface area (Å²) in [5, 5.41) is 0. The highest BCUT2D eigenvalue weighted by Gasteiger charge is 2.33. The van der Waals surface area contributed by atoms with Gasteiger partial charge in [0, 0.05) is 13.1 Å². The number of hydrogen-bond acceptors (Lipinski definition) is 6. The Morgan fingerprint density at radius 1 is 1.13 bits per heavy atom. The minimum absolute atomic E-state index is 0.00302. The van der Waals surface area contributed by atoms with Crippen LogP contribution in [0.4, 0.5) is 5.69 Å². The van der Waals surface area contributed by atoms with Gasteiger partial charge in [0.2, 0.25) is 0 Å². The average molecular weight is 455 g/mol. The fourth-order valence-corrected chi connectivity index (χ4v) is 4.77. The van der Waals surface area contributed by atoms with E-state index in [-0.39, 0.29) is 18.4 Å². The van der Waals surface area contributed by atoms with Crippen molar-refractivity contribution in [2.75, 3.05) is 31.7 Å². The van der Waals surface area contributed by atoms with Gasteiger partial charge < -0.3 is 14.4 Å². The Labute approximate surface area is 190 Å². The molecule has 0 aliphatic carbocycles. The van der Waals surface area contributed by atoms with Gasteiger partial charge in [-0.15, -0.1) is 0 Å². The number of ether oxygens (including phenoxy) is 2. The fraction of sp³-hybridized carbons (Fsp3) is 0.261. The second-order valence-electron chi connectivity index (χ2n) is 7.16. The van der Waals surface area contributed by atoms with Crippen LogP contribution in [-0.2, 0) is 9.59 Å². The van der Waals surface area contributed by atoms with E-state index >= 15 is 0 Å². The quantitative estimate of drug-likeness (QED) is 0.484. The molecular formula is C23H22N2O4S2. The summed E-state index contributed by atoms with van der Waals surface area (Å²) >= 11 is 6.69. The summed E-state index contributed by atoms with van der Waals surface area (Å²) in [5.74, 6) is 1.13. The fourth-order valence-electron chi connectivity index (χ4n) is 3.47. The van der Waals surface area contributed by atoms with Crippen LogP contribution in [0.5, 0.6) is 11.5 Å². The van der Waals surface area contributed by atoms with Crippen LogP contribution in [-0.4, -0.2) is 47.8 Å². The first-order valence-electron chi connectivity index (χ1n) is 9.98. The van der Waals surface area contributed by atoms with Crippen LogP contribution in [0.3, 0.4) is 0 Å². The van der Waals surface area contributed by atoms with Gasteiger partial charge in [-0.2, -0.15) is 0 Å². The summed E-state index contributed by atoms with van der Waals surface area (Å²) in [4.78, 5) is 29.0. The third-order valence-corrected chi connectivity index (χ3v) is 6.40. The molecule has 4 rings (SSSR count). The zero-order chi connectivity index (χ0) is 21.8. The maximum atomic E-state index is 13.0. The normalized spacial score (nSPS) is 17.5. The van der Waals surface area contributed by atoms with Gasteiger partial charge in [-0.1, -0.05) is 36.1 Å². The molecule has 2 saturated heterocycles. The molecule has 2 amide bonds. The molecule has 0 spiro atoms. The number of benzene rings is 2. The molecular weight excluding hydrogens is 432 g/mol. The van der Waals surface area contributed by atoms with Crippen molar-refractivity contribution in [1.82, 2.24) is 4.90 Å². The van der Waals surface area contributed by atoms with E-state index in [0.29, 0.717) is 26.4 Å². The maximum absolute atomic E-state index is 13.0. The number of rotatable bonds is 6. The van der Waals surface area contributed by atoms with E-state index in [9.17, 15) is 9.59 Å². The van der Waals surface area contributed by atoms with Crippen molar-refractivity contribution in [3.63, 3.8) is 0 Å². The zero-order valence-corrected chi connectivity index (χ0v) is 18.7. The van der Waals surface area contributed by atoms with Gasteiger partial charge >= 0.3 is 0 Å². The van der Waals surface area contributed by atoms with Crippen LogP contribution in [0.25, 0.3) is 6.08 Å². The predicted molar refractivity (Wildman–Crippen MR) is 126 cm³/mol. The minimum atomic E-state index is -0.171. The van der Waals surface area contributed by atoms with E-state index in [0.717, 1.165) is 31.5 Å². The third-order valence-electron chi connectivity index (χ3n) is 5.10. The Kier molecular flexibility index (Phi) is 6.58. The summed E-state index contributed by atoms with van der Waals surface area (Å²) in [6.45, 7) is 1.62. The van der Waals surface area contributed by atoms with Crippen LogP contribution >= 0.6 is 24.0 Å². The summed E-state index contributed by atoms with van der Waals surface area (Å²) in [5.41, 5.74) is 1.51. The Morgan fingerprint density at radius 3 is 2.58 bits per heavy atom. The number of thioether (sulfide) groups is 1. The Bertz CT molecular complexity index is 1030. The number of anilines is 1. The van der Waals surface area contributed by atoms with E-state index in [1.54, 1.807) is 43.5 Å². The molecule has 0 N–H and O–H groups in total. The molecule has 2 aliphatic heterocycles. The standard InChI is InChI=1S/C23H22N2O4S2/c1-28-18-9-7-17(8-10-18)25-22(27)20(31-23(25)30)14-16-5-4-6-19(13-16)29-15-21(26)24-11-2-3-12-24/h4-10,13-14H,2-3,11-12,15H2,1H3/b20-14-. The first kappa shape index (κ1) is 21.4. The Hall–Kier alpha value is -2.84. The molecule has 0 unspecified atom stereocenters. The summed E-state index contributed by atoms with van der Waals surface area (Å²) in [7, 11) is 1.59. The van der Waals surface area contributed by atoms with Gasteiger partial charge in [-0.05, 0) is 60.9 Å². The lowest BCUT2D eigenvalue weighted by atomic mass is 10.2. The highest BCUT2D eigenvalue weighted by molar-refractivity contribution is 8.27.